The summed E-state index contributed by atoms with van der Waals surface area (Å²) in [5, 5.41) is 22.7. The maximum atomic E-state index is 12.1. The minimum atomic E-state index is -1.19. The van der Waals surface area contributed by atoms with E-state index in [0.717, 1.165) is 12.8 Å². The normalized spacial score (nSPS) is 14.2. The van der Waals surface area contributed by atoms with E-state index >= 15 is 0 Å². The molecule has 4 heteroatoms. The highest BCUT2D eigenvalue weighted by Gasteiger charge is 2.27. The number of aliphatic hydroxyl groups is 2. The van der Waals surface area contributed by atoms with E-state index in [-0.39, 0.29) is 11.9 Å². The van der Waals surface area contributed by atoms with Crippen molar-refractivity contribution in [3.8, 4) is 0 Å². The summed E-state index contributed by atoms with van der Waals surface area (Å²) in [5.74, 6) is 0.0265. The van der Waals surface area contributed by atoms with E-state index in [1.165, 1.54) is 70.6 Å². The van der Waals surface area contributed by atoms with Crippen LogP contribution in [0.25, 0.3) is 0 Å². The van der Waals surface area contributed by atoms with Gasteiger partial charge in [-0.25, -0.2) is 0 Å². The average Bonchev–Trinajstić information content (AvgIpc) is 2.69. The zero-order valence-electron chi connectivity index (χ0n) is 20.3. The smallest absolute Gasteiger partial charge is 0.220 e. The lowest BCUT2D eigenvalue weighted by molar-refractivity contribution is -0.122. The van der Waals surface area contributed by atoms with E-state index in [4.69, 9.17) is 0 Å². The first-order chi connectivity index (χ1) is 14.3. The van der Waals surface area contributed by atoms with Crippen molar-refractivity contribution >= 4 is 5.91 Å². The molecule has 1 amide bonds. The average molecular weight is 425 g/mol. The van der Waals surface area contributed by atoms with Crippen molar-refractivity contribution in [3.63, 3.8) is 0 Å². The summed E-state index contributed by atoms with van der Waals surface area (Å²) in [7, 11) is 0. The van der Waals surface area contributed by atoms with E-state index in [0.29, 0.717) is 12.8 Å². The third kappa shape index (κ3) is 17.9. The van der Waals surface area contributed by atoms with E-state index < -0.39 is 11.7 Å². The Labute approximate surface area is 186 Å². The summed E-state index contributed by atoms with van der Waals surface area (Å²) in [6.45, 7) is 7.35. The lowest BCUT2D eigenvalue weighted by Gasteiger charge is -2.28. The zero-order valence-corrected chi connectivity index (χ0v) is 20.3. The van der Waals surface area contributed by atoms with Gasteiger partial charge in [0, 0.05) is 18.9 Å². The Morgan fingerprint density at radius 2 is 1.37 bits per heavy atom. The van der Waals surface area contributed by atoms with E-state index in [1.54, 1.807) is 20.3 Å². The molecule has 2 unspecified atom stereocenters. The molecule has 0 fully saturated rings. The first-order valence-corrected chi connectivity index (χ1v) is 12.5. The number of hydrogen-bond donors (Lipinski definition) is 3. The molecule has 0 aromatic rings. The SMILES string of the molecule is CCCCCCCC/C=C\CCCCCCCC(=O)NC([CH]C(O)C(C)(C)O)CC. The van der Waals surface area contributed by atoms with Crippen molar-refractivity contribution < 1.29 is 15.0 Å². The highest BCUT2D eigenvalue weighted by molar-refractivity contribution is 5.76. The van der Waals surface area contributed by atoms with Crippen LogP contribution in [0.1, 0.15) is 124 Å². The van der Waals surface area contributed by atoms with Crippen molar-refractivity contribution in [1.29, 1.82) is 0 Å². The molecule has 0 aliphatic heterocycles. The summed E-state index contributed by atoms with van der Waals surface area (Å²) in [6, 6.07) is -0.206. The largest absolute Gasteiger partial charge is 0.390 e. The van der Waals surface area contributed by atoms with Gasteiger partial charge in [-0.2, -0.15) is 0 Å². The summed E-state index contributed by atoms with van der Waals surface area (Å²) in [4.78, 5) is 12.1. The molecule has 0 heterocycles. The lowest BCUT2D eigenvalue weighted by atomic mass is 9.94. The van der Waals surface area contributed by atoms with Crippen LogP contribution in [0.3, 0.4) is 0 Å². The molecule has 0 bridgehead atoms. The van der Waals surface area contributed by atoms with Gasteiger partial charge in [-0.05, 0) is 52.4 Å². The van der Waals surface area contributed by atoms with E-state index in [2.05, 4.69) is 24.4 Å². The first-order valence-electron chi connectivity index (χ1n) is 12.5. The molecule has 30 heavy (non-hydrogen) atoms. The van der Waals surface area contributed by atoms with Crippen molar-refractivity contribution in [2.24, 2.45) is 0 Å². The molecule has 0 aliphatic rings. The Morgan fingerprint density at radius 3 is 1.87 bits per heavy atom. The molecule has 177 valence electrons. The quantitative estimate of drug-likeness (QED) is 0.160. The van der Waals surface area contributed by atoms with Crippen LogP contribution in [0.15, 0.2) is 12.2 Å². The maximum absolute atomic E-state index is 12.1. The number of carbonyl (C=O) groups is 1. The van der Waals surface area contributed by atoms with Gasteiger partial charge in [0.2, 0.25) is 5.91 Å². The summed E-state index contributed by atoms with van der Waals surface area (Å²) in [5.41, 5.74) is -1.19. The van der Waals surface area contributed by atoms with Gasteiger partial charge in [-0.3, -0.25) is 4.79 Å². The molecule has 0 saturated carbocycles. The van der Waals surface area contributed by atoms with Gasteiger partial charge in [0.15, 0.2) is 0 Å². The molecular formula is C26H50NO3. The van der Waals surface area contributed by atoms with Crippen molar-refractivity contribution in [2.75, 3.05) is 0 Å². The van der Waals surface area contributed by atoms with Crippen LogP contribution >= 0.6 is 0 Å². The Kier molecular flexibility index (Phi) is 18.3. The molecule has 0 saturated heterocycles. The van der Waals surface area contributed by atoms with E-state index in [1.807, 2.05) is 6.92 Å². The van der Waals surface area contributed by atoms with Gasteiger partial charge in [-0.15, -0.1) is 0 Å². The van der Waals surface area contributed by atoms with Crippen LogP contribution in [0.5, 0.6) is 0 Å². The summed E-state index contributed by atoms with van der Waals surface area (Å²) in [6.07, 6.45) is 22.8. The van der Waals surface area contributed by atoms with Crippen LogP contribution in [0, 0.1) is 6.42 Å². The van der Waals surface area contributed by atoms with E-state index in [9.17, 15) is 15.0 Å². The number of carbonyl (C=O) groups excluding carboxylic acids is 1. The van der Waals surface area contributed by atoms with Gasteiger partial charge in [-0.1, -0.05) is 77.4 Å². The first kappa shape index (κ1) is 29.1. The summed E-state index contributed by atoms with van der Waals surface area (Å²) < 4.78 is 0. The number of amides is 1. The molecule has 3 N–H and O–H groups in total. The Balaban J connectivity index is 3.58. The third-order valence-corrected chi connectivity index (χ3v) is 5.59. The second kappa shape index (κ2) is 18.9. The number of aliphatic hydroxyl groups excluding tert-OH is 1. The standard InChI is InChI=1S/C26H50NO3/c1-5-7-8-9-10-11-12-13-14-15-16-17-18-19-20-21-25(29)27-23(6-2)22-24(28)26(3,4)30/h13-14,22-24,28,30H,5-12,15-21H2,1-4H3,(H,27,29)/b14-13-. The van der Waals surface area contributed by atoms with Crippen LogP contribution in [-0.4, -0.2) is 33.9 Å². The highest BCUT2D eigenvalue weighted by atomic mass is 16.3. The van der Waals surface area contributed by atoms with Gasteiger partial charge in [0.05, 0.1) is 11.7 Å². The van der Waals surface area contributed by atoms with Crippen LogP contribution in [0.2, 0.25) is 0 Å². The van der Waals surface area contributed by atoms with Crippen molar-refractivity contribution in [1.82, 2.24) is 5.32 Å². The third-order valence-electron chi connectivity index (χ3n) is 5.59. The van der Waals surface area contributed by atoms with Gasteiger partial charge >= 0.3 is 0 Å². The second-order valence-corrected chi connectivity index (χ2v) is 9.21. The van der Waals surface area contributed by atoms with Gasteiger partial charge in [0.25, 0.3) is 0 Å². The van der Waals surface area contributed by atoms with Crippen molar-refractivity contribution in [2.45, 2.75) is 142 Å². The fourth-order valence-corrected chi connectivity index (χ4v) is 3.38. The van der Waals surface area contributed by atoms with Crippen LogP contribution < -0.4 is 5.32 Å². The Hall–Kier alpha value is -0.870. The Morgan fingerprint density at radius 1 is 0.867 bits per heavy atom. The minimum Gasteiger partial charge on any atom is -0.390 e. The molecule has 2 atom stereocenters. The summed E-state index contributed by atoms with van der Waals surface area (Å²) >= 11 is 0. The fourth-order valence-electron chi connectivity index (χ4n) is 3.38. The molecule has 0 aliphatic carbocycles. The molecule has 1 radical (unpaired) electrons. The molecule has 0 rings (SSSR count). The Bertz CT molecular complexity index is 428. The predicted octanol–water partition coefficient (Wildman–Crippen LogP) is 6.25. The van der Waals surface area contributed by atoms with Crippen molar-refractivity contribution in [3.05, 3.63) is 18.6 Å². The fraction of sp³-hybridized carbons (Fsp3) is 0.846. The van der Waals surface area contributed by atoms with Crippen LogP contribution in [0.4, 0.5) is 0 Å². The molecule has 0 aromatic carbocycles. The molecule has 0 aromatic heterocycles. The second-order valence-electron chi connectivity index (χ2n) is 9.21. The maximum Gasteiger partial charge on any atom is 0.220 e. The van der Waals surface area contributed by atoms with Gasteiger partial charge < -0.3 is 15.5 Å². The highest BCUT2D eigenvalue weighted by Crippen LogP contribution is 2.15. The predicted molar refractivity (Wildman–Crippen MR) is 128 cm³/mol. The number of hydrogen-bond acceptors (Lipinski definition) is 3. The van der Waals surface area contributed by atoms with Gasteiger partial charge in [0.1, 0.15) is 0 Å². The zero-order chi connectivity index (χ0) is 22.7. The van der Waals surface area contributed by atoms with Crippen LogP contribution in [-0.2, 0) is 4.79 Å². The lowest BCUT2D eigenvalue weighted by Crippen LogP contribution is -2.44. The minimum absolute atomic E-state index is 0.0265. The topological polar surface area (TPSA) is 69.6 Å². The monoisotopic (exact) mass is 424 g/mol. The number of nitrogens with one attached hydrogen (secondary N) is 1. The number of unbranched alkanes of at least 4 members (excludes halogenated alkanes) is 11. The molecular weight excluding hydrogens is 374 g/mol. The number of rotatable bonds is 20. The molecule has 0 spiro atoms. The molecule has 4 nitrogen and oxygen atoms in total. The number of allylic oxidation sites excluding steroid dienone is 2.